The number of thiazole rings is 1. The fourth-order valence-corrected chi connectivity index (χ4v) is 2.81. The largest absolute Gasteiger partial charge is 0.320 e. The van der Waals surface area contributed by atoms with Crippen molar-refractivity contribution in [3.63, 3.8) is 0 Å². The molecule has 0 amide bonds. The first kappa shape index (κ1) is 11.0. The number of aryl methyl sites for hydroxylation is 1. The van der Waals surface area contributed by atoms with Gasteiger partial charge in [0.05, 0.1) is 15.2 Å². The highest BCUT2D eigenvalue weighted by Gasteiger charge is 2.03. The van der Waals surface area contributed by atoms with Crippen LogP contribution in [0.1, 0.15) is 11.4 Å². The average Bonchev–Trinajstić information content (AvgIpc) is 2.60. The SMILES string of the molecule is CNCCCc1nc2cc(Br)ccc2s1. The van der Waals surface area contributed by atoms with Crippen molar-refractivity contribution in [2.24, 2.45) is 0 Å². The molecule has 0 aliphatic heterocycles. The summed E-state index contributed by atoms with van der Waals surface area (Å²) in [5, 5.41) is 4.38. The number of fused-ring (bicyclic) bond motifs is 1. The van der Waals surface area contributed by atoms with Crippen molar-refractivity contribution in [3.8, 4) is 0 Å². The van der Waals surface area contributed by atoms with Crippen LogP contribution in [0.5, 0.6) is 0 Å². The van der Waals surface area contributed by atoms with Gasteiger partial charge in [0.1, 0.15) is 0 Å². The number of aromatic nitrogens is 1. The van der Waals surface area contributed by atoms with E-state index in [1.165, 1.54) is 9.71 Å². The summed E-state index contributed by atoms with van der Waals surface area (Å²) >= 11 is 5.26. The van der Waals surface area contributed by atoms with Gasteiger partial charge >= 0.3 is 0 Å². The molecule has 2 nitrogen and oxygen atoms in total. The molecule has 15 heavy (non-hydrogen) atoms. The van der Waals surface area contributed by atoms with Crippen molar-refractivity contribution >= 4 is 37.5 Å². The van der Waals surface area contributed by atoms with Gasteiger partial charge in [0.25, 0.3) is 0 Å². The predicted octanol–water partition coefficient (Wildman–Crippen LogP) is 3.21. The monoisotopic (exact) mass is 284 g/mol. The topological polar surface area (TPSA) is 24.9 Å². The molecule has 0 aliphatic carbocycles. The van der Waals surface area contributed by atoms with E-state index in [2.05, 4.69) is 44.4 Å². The number of halogens is 1. The predicted molar refractivity (Wildman–Crippen MR) is 69.6 cm³/mol. The summed E-state index contributed by atoms with van der Waals surface area (Å²) in [6.45, 7) is 1.06. The molecule has 80 valence electrons. The fraction of sp³-hybridized carbons (Fsp3) is 0.364. The minimum absolute atomic E-state index is 1.06. The van der Waals surface area contributed by atoms with Crippen LogP contribution in [0.25, 0.3) is 10.2 Å². The van der Waals surface area contributed by atoms with E-state index in [4.69, 9.17) is 0 Å². The van der Waals surface area contributed by atoms with Crippen molar-refractivity contribution < 1.29 is 0 Å². The summed E-state index contributed by atoms with van der Waals surface area (Å²) in [6.07, 6.45) is 2.22. The van der Waals surface area contributed by atoms with Gasteiger partial charge < -0.3 is 5.32 Å². The molecule has 1 aromatic heterocycles. The third kappa shape index (κ3) is 2.77. The number of rotatable bonds is 4. The van der Waals surface area contributed by atoms with Gasteiger partial charge in [0, 0.05) is 10.9 Å². The van der Waals surface area contributed by atoms with Crippen molar-refractivity contribution in [1.82, 2.24) is 10.3 Å². The molecular formula is C11H13BrN2S. The Balaban J connectivity index is 2.16. The second kappa shape index (κ2) is 5.05. The van der Waals surface area contributed by atoms with Gasteiger partial charge in [-0.2, -0.15) is 0 Å². The third-order valence-electron chi connectivity index (χ3n) is 2.21. The molecule has 1 heterocycles. The summed E-state index contributed by atoms with van der Waals surface area (Å²) in [6, 6.07) is 6.27. The summed E-state index contributed by atoms with van der Waals surface area (Å²) in [7, 11) is 1.98. The minimum atomic E-state index is 1.06. The van der Waals surface area contributed by atoms with Crippen LogP contribution in [0.4, 0.5) is 0 Å². The van der Waals surface area contributed by atoms with Crippen LogP contribution in [0.2, 0.25) is 0 Å². The highest BCUT2D eigenvalue weighted by Crippen LogP contribution is 2.25. The van der Waals surface area contributed by atoms with Crippen LogP contribution in [-0.4, -0.2) is 18.6 Å². The van der Waals surface area contributed by atoms with E-state index in [1.807, 2.05) is 7.05 Å². The van der Waals surface area contributed by atoms with Crippen LogP contribution in [0, 0.1) is 0 Å². The Hall–Kier alpha value is -0.450. The molecule has 1 N–H and O–H groups in total. The van der Waals surface area contributed by atoms with E-state index in [1.54, 1.807) is 11.3 Å². The van der Waals surface area contributed by atoms with Gasteiger partial charge in [-0.25, -0.2) is 4.98 Å². The maximum Gasteiger partial charge on any atom is 0.0939 e. The van der Waals surface area contributed by atoms with E-state index in [-0.39, 0.29) is 0 Å². The first-order chi connectivity index (χ1) is 7.29. The Bertz CT molecular complexity index is 453. The lowest BCUT2D eigenvalue weighted by Crippen LogP contribution is -2.08. The number of hydrogen-bond acceptors (Lipinski definition) is 3. The Morgan fingerprint density at radius 2 is 2.33 bits per heavy atom. The Morgan fingerprint density at radius 1 is 1.47 bits per heavy atom. The molecule has 0 saturated carbocycles. The smallest absolute Gasteiger partial charge is 0.0939 e. The molecule has 0 aliphatic rings. The van der Waals surface area contributed by atoms with Gasteiger partial charge in [-0.15, -0.1) is 11.3 Å². The van der Waals surface area contributed by atoms with Crippen molar-refractivity contribution in [3.05, 3.63) is 27.7 Å². The van der Waals surface area contributed by atoms with E-state index in [9.17, 15) is 0 Å². The zero-order valence-corrected chi connectivity index (χ0v) is 11.0. The van der Waals surface area contributed by atoms with Gasteiger partial charge in [-0.05, 0) is 38.2 Å². The number of benzene rings is 1. The van der Waals surface area contributed by atoms with E-state index in [0.717, 1.165) is 29.4 Å². The van der Waals surface area contributed by atoms with Crippen LogP contribution >= 0.6 is 27.3 Å². The molecular weight excluding hydrogens is 272 g/mol. The number of nitrogens with one attached hydrogen (secondary N) is 1. The van der Waals surface area contributed by atoms with Gasteiger partial charge in [-0.3, -0.25) is 0 Å². The molecule has 0 bridgehead atoms. The molecule has 2 aromatic rings. The van der Waals surface area contributed by atoms with Gasteiger partial charge in [0.15, 0.2) is 0 Å². The van der Waals surface area contributed by atoms with E-state index >= 15 is 0 Å². The molecule has 2 rings (SSSR count). The lowest BCUT2D eigenvalue weighted by Gasteiger charge is -1.94. The van der Waals surface area contributed by atoms with Crippen LogP contribution in [0.15, 0.2) is 22.7 Å². The minimum Gasteiger partial charge on any atom is -0.320 e. The van der Waals surface area contributed by atoms with Crippen LogP contribution in [0.3, 0.4) is 0 Å². The van der Waals surface area contributed by atoms with E-state index < -0.39 is 0 Å². The zero-order valence-electron chi connectivity index (χ0n) is 8.59. The molecule has 0 fully saturated rings. The Morgan fingerprint density at radius 3 is 3.13 bits per heavy atom. The average molecular weight is 285 g/mol. The van der Waals surface area contributed by atoms with Crippen molar-refractivity contribution in [2.75, 3.05) is 13.6 Å². The quantitative estimate of drug-likeness (QED) is 0.873. The standard InChI is InChI=1S/C11H13BrN2S/c1-13-6-2-3-11-14-9-7-8(12)4-5-10(9)15-11/h4-5,7,13H,2-3,6H2,1H3. The fourth-order valence-electron chi connectivity index (χ4n) is 1.47. The van der Waals surface area contributed by atoms with E-state index in [0.29, 0.717) is 0 Å². The molecule has 1 aromatic carbocycles. The Kier molecular flexibility index (Phi) is 3.72. The Labute approximate surface area is 102 Å². The summed E-state index contributed by atoms with van der Waals surface area (Å²) < 4.78 is 2.37. The second-order valence-corrected chi connectivity index (χ2v) is 5.46. The molecule has 0 spiro atoms. The third-order valence-corrected chi connectivity index (χ3v) is 3.80. The lowest BCUT2D eigenvalue weighted by atomic mass is 10.3. The first-order valence-corrected chi connectivity index (χ1v) is 6.60. The number of nitrogens with zero attached hydrogens (tertiary/aromatic N) is 1. The highest BCUT2D eigenvalue weighted by atomic mass is 79.9. The zero-order chi connectivity index (χ0) is 10.7. The number of hydrogen-bond donors (Lipinski definition) is 1. The summed E-state index contributed by atoms with van der Waals surface area (Å²) in [5.41, 5.74) is 1.11. The first-order valence-electron chi connectivity index (χ1n) is 4.99. The molecule has 4 heteroatoms. The second-order valence-electron chi connectivity index (χ2n) is 3.43. The summed E-state index contributed by atoms with van der Waals surface area (Å²) in [5.74, 6) is 0. The normalized spacial score (nSPS) is 11.1. The summed E-state index contributed by atoms with van der Waals surface area (Å²) in [4.78, 5) is 4.61. The molecule has 0 saturated heterocycles. The molecule has 0 radical (unpaired) electrons. The lowest BCUT2D eigenvalue weighted by molar-refractivity contribution is 0.723. The maximum absolute atomic E-state index is 4.61. The van der Waals surface area contributed by atoms with Crippen LogP contribution < -0.4 is 5.32 Å². The highest BCUT2D eigenvalue weighted by molar-refractivity contribution is 9.10. The molecule has 0 atom stereocenters. The van der Waals surface area contributed by atoms with Crippen molar-refractivity contribution in [2.45, 2.75) is 12.8 Å². The van der Waals surface area contributed by atoms with Gasteiger partial charge in [0.2, 0.25) is 0 Å². The maximum atomic E-state index is 4.61. The molecule has 0 unspecified atom stereocenters. The van der Waals surface area contributed by atoms with Crippen molar-refractivity contribution in [1.29, 1.82) is 0 Å². The van der Waals surface area contributed by atoms with Gasteiger partial charge in [-0.1, -0.05) is 15.9 Å². The van der Waals surface area contributed by atoms with Crippen LogP contribution in [-0.2, 0) is 6.42 Å².